The molecule has 2 rings (SSSR count). The van der Waals surface area contributed by atoms with Crippen LogP contribution in [0.3, 0.4) is 0 Å². The molecule has 0 aliphatic carbocycles. The summed E-state index contributed by atoms with van der Waals surface area (Å²) in [7, 11) is 7.51. The van der Waals surface area contributed by atoms with Gasteiger partial charge in [0.05, 0.1) is 14.2 Å². The average Bonchev–Trinajstić information content (AvgIpc) is 2.54. The SMILES string of the molecule is COc1ccc(C=C(CN(C)C)c2ccc(OC)cc2)cc1.Cl. The Balaban J connectivity index is 0.00000264. The Morgan fingerprint density at radius 3 is 1.78 bits per heavy atom. The van der Waals surface area contributed by atoms with Crippen molar-refractivity contribution in [2.75, 3.05) is 34.9 Å². The van der Waals surface area contributed by atoms with Crippen LogP contribution in [0.2, 0.25) is 0 Å². The minimum Gasteiger partial charge on any atom is -0.497 e. The van der Waals surface area contributed by atoms with Gasteiger partial charge in [0, 0.05) is 6.54 Å². The van der Waals surface area contributed by atoms with Gasteiger partial charge in [0.2, 0.25) is 0 Å². The van der Waals surface area contributed by atoms with Crippen LogP contribution >= 0.6 is 12.4 Å². The minimum absolute atomic E-state index is 0. The molecule has 0 saturated heterocycles. The van der Waals surface area contributed by atoms with Crippen molar-refractivity contribution >= 4 is 24.1 Å². The highest BCUT2D eigenvalue weighted by Gasteiger charge is 2.05. The Hall–Kier alpha value is -1.97. The molecule has 0 heterocycles. The highest BCUT2D eigenvalue weighted by molar-refractivity contribution is 5.85. The van der Waals surface area contributed by atoms with Gasteiger partial charge in [-0.25, -0.2) is 0 Å². The largest absolute Gasteiger partial charge is 0.497 e. The first kappa shape index (κ1) is 19.1. The van der Waals surface area contributed by atoms with Crippen LogP contribution in [-0.4, -0.2) is 39.8 Å². The van der Waals surface area contributed by atoms with Crippen molar-refractivity contribution in [3.8, 4) is 11.5 Å². The molecule has 3 nitrogen and oxygen atoms in total. The molecule has 0 saturated carbocycles. The summed E-state index contributed by atoms with van der Waals surface area (Å²) in [5.74, 6) is 1.74. The van der Waals surface area contributed by atoms with Crippen molar-refractivity contribution < 1.29 is 9.47 Å². The van der Waals surface area contributed by atoms with Crippen molar-refractivity contribution in [1.29, 1.82) is 0 Å². The molecule has 0 atom stereocenters. The van der Waals surface area contributed by atoms with E-state index >= 15 is 0 Å². The van der Waals surface area contributed by atoms with Crippen LogP contribution in [0, 0.1) is 0 Å². The van der Waals surface area contributed by atoms with Gasteiger partial charge in [0.25, 0.3) is 0 Å². The highest BCUT2D eigenvalue weighted by Crippen LogP contribution is 2.22. The molecular weight excluding hydrogens is 310 g/mol. The zero-order valence-corrected chi connectivity index (χ0v) is 14.9. The molecule has 0 fully saturated rings. The van der Waals surface area contributed by atoms with E-state index in [1.807, 2.05) is 24.3 Å². The lowest BCUT2D eigenvalue weighted by Gasteiger charge is -2.15. The summed E-state index contributed by atoms with van der Waals surface area (Å²) in [4.78, 5) is 2.17. The van der Waals surface area contributed by atoms with Gasteiger partial charge >= 0.3 is 0 Å². The second-order valence-electron chi connectivity index (χ2n) is 5.41. The monoisotopic (exact) mass is 333 g/mol. The topological polar surface area (TPSA) is 21.7 Å². The van der Waals surface area contributed by atoms with Crippen LogP contribution in [0.1, 0.15) is 11.1 Å². The van der Waals surface area contributed by atoms with Gasteiger partial charge in [-0.2, -0.15) is 0 Å². The third-order valence-electron chi connectivity index (χ3n) is 3.40. The molecule has 0 bridgehead atoms. The minimum atomic E-state index is 0. The number of likely N-dealkylation sites (N-methyl/N-ethyl adjacent to an activating group) is 1. The second kappa shape index (κ2) is 9.23. The normalized spacial score (nSPS) is 11.1. The van der Waals surface area contributed by atoms with E-state index in [1.54, 1.807) is 14.2 Å². The summed E-state index contributed by atoms with van der Waals surface area (Å²) in [6, 6.07) is 16.3. The third-order valence-corrected chi connectivity index (χ3v) is 3.40. The molecule has 0 spiro atoms. The Kier molecular flexibility index (Phi) is 7.66. The van der Waals surface area contributed by atoms with E-state index in [4.69, 9.17) is 9.47 Å². The Labute approximate surface area is 144 Å². The van der Waals surface area contributed by atoms with Crippen LogP contribution in [0.5, 0.6) is 11.5 Å². The lowest BCUT2D eigenvalue weighted by molar-refractivity contribution is 0.414. The van der Waals surface area contributed by atoms with Crippen LogP contribution in [0.25, 0.3) is 11.6 Å². The number of hydrogen-bond acceptors (Lipinski definition) is 3. The van der Waals surface area contributed by atoms with E-state index in [0.717, 1.165) is 23.6 Å². The predicted molar refractivity (Wildman–Crippen MR) is 99.7 cm³/mol. The maximum absolute atomic E-state index is 5.23. The zero-order valence-electron chi connectivity index (χ0n) is 14.1. The molecule has 0 aliphatic rings. The number of methoxy groups -OCH3 is 2. The Morgan fingerprint density at radius 1 is 0.870 bits per heavy atom. The van der Waals surface area contributed by atoms with E-state index in [-0.39, 0.29) is 12.4 Å². The number of benzene rings is 2. The van der Waals surface area contributed by atoms with Crippen LogP contribution in [0.15, 0.2) is 48.5 Å². The van der Waals surface area contributed by atoms with Crippen molar-refractivity contribution in [2.24, 2.45) is 0 Å². The number of hydrogen-bond donors (Lipinski definition) is 0. The Bertz CT molecular complexity index is 619. The maximum atomic E-state index is 5.23. The van der Waals surface area contributed by atoms with E-state index in [9.17, 15) is 0 Å². The van der Waals surface area contributed by atoms with Gasteiger partial charge in [0.15, 0.2) is 0 Å². The van der Waals surface area contributed by atoms with Gasteiger partial charge in [-0.3, -0.25) is 0 Å². The van der Waals surface area contributed by atoms with Gasteiger partial charge < -0.3 is 14.4 Å². The summed E-state index contributed by atoms with van der Waals surface area (Å²) >= 11 is 0. The van der Waals surface area contributed by atoms with Crippen LogP contribution in [-0.2, 0) is 0 Å². The molecule has 0 radical (unpaired) electrons. The van der Waals surface area contributed by atoms with Crippen LogP contribution in [0.4, 0.5) is 0 Å². The molecule has 0 amide bonds. The smallest absolute Gasteiger partial charge is 0.118 e. The standard InChI is InChI=1S/C19H23NO2.ClH/c1-20(2)14-17(16-7-11-19(22-4)12-8-16)13-15-5-9-18(21-3)10-6-15;/h5-13H,14H2,1-4H3;1H. The van der Waals surface area contributed by atoms with Crippen molar-refractivity contribution in [2.45, 2.75) is 0 Å². The Morgan fingerprint density at radius 2 is 1.35 bits per heavy atom. The summed E-state index contributed by atoms with van der Waals surface area (Å²) < 4.78 is 10.4. The number of rotatable bonds is 6. The highest BCUT2D eigenvalue weighted by atomic mass is 35.5. The summed E-state index contributed by atoms with van der Waals surface area (Å²) in [6.45, 7) is 0.873. The second-order valence-corrected chi connectivity index (χ2v) is 5.41. The quantitative estimate of drug-likeness (QED) is 0.738. The number of nitrogens with zero attached hydrogens (tertiary/aromatic N) is 1. The van der Waals surface area contributed by atoms with Gasteiger partial charge in [-0.15, -0.1) is 12.4 Å². The van der Waals surface area contributed by atoms with E-state index in [0.29, 0.717) is 0 Å². The summed E-state index contributed by atoms with van der Waals surface area (Å²) in [5, 5.41) is 0. The van der Waals surface area contributed by atoms with E-state index in [2.05, 4.69) is 49.3 Å². The molecule has 0 N–H and O–H groups in total. The molecule has 0 aromatic heterocycles. The first-order valence-corrected chi connectivity index (χ1v) is 7.26. The zero-order chi connectivity index (χ0) is 15.9. The third kappa shape index (κ3) is 5.62. The molecule has 2 aromatic rings. The van der Waals surface area contributed by atoms with Crippen molar-refractivity contribution in [3.63, 3.8) is 0 Å². The fourth-order valence-electron chi connectivity index (χ4n) is 2.27. The summed E-state index contributed by atoms with van der Waals surface area (Å²) in [5.41, 5.74) is 3.62. The van der Waals surface area contributed by atoms with Gasteiger partial charge in [0.1, 0.15) is 11.5 Å². The first-order valence-electron chi connectivity index (χ1n) is 7.26. The average molecular weight is 334 g/mol. The van der Waals surface area contributed by atoms with Crippen molar-refractivity contribution in [3.05, 3.63) is 59.7 Å². The fraction of sp³-hybridized carbons (Fsp3) is 0.263. The van der Waals surface area contributed by atoms with Gasteiger partial charge in [-0.1, -0.05) is 24.3 Å². The van der Waals surface area contributed by atoms with Crippen LogP contribution < -0.4 is 9.47 Å². The summed E-state index contributed by atoms with van der Waals surface area (Å²) in [6.07, 6.45) is 2.21. The molecule has 4 heteroatoms. The van der Waals surface area contributed by atoms with Gasteiger partial charge in [-0.05, 0) is 61.1 Å². The lowest BCUT2D eigenvalue weighted by atomic mass is 10.0. The first-order chi connectivity index (χ1) is 10.6. The lowest BCUT2D eigenvalue weighted by Crippen LogP contribution is -2.14. The predicted octanol–water partition coefficient (Wildman–Crippen LogP) is 4.23. The number of ether oxygens (including phenoxy) is 2. The molecule has 0 aliphatic heterocycles. The van der Waals surface area contributed by atoms with E-state index in [1.165, 1.54) is 11.1 Å². The molecule has 0 unspecified atom stereocenters. The molecular formula is C19H24ClNO2. The molecule has 2 aromatic carbocycles. The molecule has 124 valence electrons. The number of halogens is 1. The van der Waals surface area contributed by atoms with E-state index < -0.39 is 0 Å². The van der Waals surface area contributed by atoms with Crippen molar-refractivity contribution in [1.82, 2.24) is 4.90 Å². The molecule has 23 heavy (non-hydrogen) atoms. The maximum Gasteiger partial charge on any atom is 0.118 e. The fourth-order valence-corrected chi connectivity index (χ4v) is 2.27.